The molecule has 0 saturated carbocycles. The second-order valence-corrected chi connectivity index (χ2v) is 5.15. The van der Waals surface area contributed by atoms with Gasteiger partial charge in [-0.15, -0.1) is 0 Å². The predicted molar refractivity (Wildman–Crippen MR) is 74.9 cm³/mol. The smallest absolute Gasteiger partial charge is 0.131 e. The van der Waals surface area contributed by atoms with E-state index < -0.39 is 5.41 Å². The first kappa shape index (κ1) is 13.6. The largest absolute Gasteiger partial charge is 0.468 e. The van der Waals surface area contributed by atoms with Gasteiger partial charge in [0, 0.05) is 6.54 Å². The van der Waals surface area contributed by atoms with Gasteiger partial charge in [0.1, 0.15) is 12.0 Å². The van der Waals surface area contributed by atoms with Crippen LogP contribution in [0, 0.1) is 0 Å². The van der Waals surface area contributed by atoms with Gasteiger partial charge in [0.05, 0.1) is 18.2 Å². The van der Waals surface area contributed by atoms with Gasteiger partial charge in [0.25, 0.3) is 0 Å². The summed E-state index contributed by atoms with van der Waals surface area (Å²) < 4.78 is 5.33. The summed E-state index contributed by atoms with van der Waals surface area (Å²) in [5, 5.41) is 0. The summed E-state index contributed by atoms with van der Waals surface area (Å²) in [4.78, 5) is 13.6. The van der Waals surface area contributed by atoms with Crippen LogP contribution in [0.5, 0.6) is 0 Å². The number of likely N-dealkylation sites (N-methyl/N-ethyl adjacent to an activating group) is 1. The lowest BCUT2D eigenvalue weighted by Gasteiger charge is -2.29. The number of carbonyl (C=O) groups is 1. The predicted octanol–water partition coefficient (Wildman–Crippen LogP) is 2.87. The molecule has 0 amide bonds. The first-order valence-corrected chi connectivity index (χ1v) is 6.37. The molecule has 0 bridgehead atoms. The van der Waals surface area contributed by atoms with Gasteiger partial charge < -0.3 is 9.21 Å². The molecule has 0 aliphatic heterocycles. The van der Waals surface area contributed by atoms with E-state index in [0.29, 0.717) is 13.1 Å². The molecule has 100 valence electrons. The van der Waals surface area contributed by atoms with Gasteiger partial charge in [-0.25, -0.2) is 0 Å². The summed E-state index contributed by atoms with van der Waals surface area (Å²) in [5.41, 5.74) is 0.541. The SMILES string of the molecule is CN(Cc1ccco1)CC(C)(C=O)c1ccccc1. The number of carbonyl (C=O) groups excluding carboxylic acids is 1. The van der Waals surface area contributed by atoms with Crippen molar-refractivity contribution >= 4 is 6.29 Å². The molecule has 0 radical (unpaired) electrons. The molecule has 19 heavy (non-hydrogen) atoms. The number of nitrogens with zero attached hydrogens (tertiary/aromatic N) is 1. The number of furan rings is 1. The van der Waals surface area contributed by atoms with E-state index in [-0.39, 0.29) is 0 Å². The Morgan fingerprint density at radius 3 is 2.53 bits per heavy atom. The fourth-order valence-corrected chi connectivity index (χ4v) is 2.30. The van der Waals surface area contributed by atoms with E-state index in [1.165, 1.54) is 0 Å². The topological polar surface area (TPSA) is 33.5 Å². The maximum atomic E-state index is 11.5. The van der Waals surface area contributed by atoms with Crippen LogP contribution >= 0.6 is 0 Å². The molecule has 0 N–H and O–H groups in total. The van der Waals surface area contributed by atoms with Gasteiger partial charge in [-0.1, -0.05) is 30.3 Å². The Morgan fingerprint density at radius 1 is 1.21 bits per heavy atom. The normalized spacial score (nSPS) is 14.3. The molecule has 1 unspecified atom stereocenters. The van der Waals surface area contributed by atoms with Crippen molar-refractivity contribution in [2.24, 2.45) is 0 Å². The summed E-state index contributed by atoms with van der Waals surface area (Å²) in [6.45, 7) is 3.32. The highest BCUT2D eigenvalue weighted by atomic mass is 16.3. The van der Waals surface area contributed by atoms with Gasteiger partial charge in [0.2, 0.25) is 0 Å². The Hall–Kier alpha value is -1.87. The third kappa shape index (κ3) is 3.32. The Labute approximate surface area is 113 Å². The first-order valence-electron chi connectivity index (χ1n) is 6.37. The maximum absolute atomic E-state index is 11.5. The van der Waals surface area contributed by atoms with Crippen LogP contribution < -0.4 is 0 Å². The second kappa shape index (κ2) is 5.85. The number of hydrogen-bond acceptors (Lipinski definition) is 3. The third-order valence-electron chi connectivity index (χ3n) is 3.30. The zero-order chi connectivity index (χ0) is 13.7. The summed E-state index contributed by atoms with van der Waals surface area (Å²) in [7, 11) is 1.99. The average Bonchev–Trinajstić information content (AvgIpc) is 2.92. The van der Waals surface area contributed by atoms with Crippen molar-refractivity contribution in [3.8, 4) is 0 Å². The fourth-order valence-electron chi connectivity index (χ4n) is 2.30. The minimum absolute atomic E-state index is 0.497. The van der Waals surface area contributed by atoms with Crippen molar-refractivity contribution in [2.45, 2.75) is 18.9 Å². The molecular weight excluding hydrogens is 238 g/mol. The van der Waals surface area contributed by atoms with Gasteiger partial charge in [-0.3, -0.25) is 4.90 Å². The van der Waals surface area contributed by atoms with Crippen LogP contribution in [0.2, 0.25) is 0 Å². The monoisotopic (exact) mass is 257 g/mol. The summed E-state index contributed by atoms with van der Waals surface area (Å²) in [6, 6.07) is 13.7. The highest BCUT2D eigenvalue weighted by molar-refractivity contribution is 5.68. The van der Waals surface area contributed by atoms with E-state index in [4.69, 9.17) is 4.42 Å². The molecule has 1 atom stereocenters. The molecule has 2 rings (SSSR count). The Kier molecular flexibility index (Phi) is 4.17. The van der Waals surface area contributed by atoms with Crippen LogP contribution in [0.4, 0.5) is 0 Å². The molecule has 0 spiro atoms. The molecule has 3 heteroatoms. The van der Waals surface area contributed by atoms with Crippen molar-refractivity contribution in [1.29, 1.82) is 0 Å². The van der Waals surface area contributed by atoms with Gasteiger partial charge in [-0.05, 0) is 31.7 Å². The molecule has 1 aromatic heterocycles. The van der Waals surface area contributed by atoms with E-state index in [9.17, 15) is 4.79 Å². The lowest BCUT2D eigenvalue weighted by Crippen LogP contribution is -2.37. The summed E-state index contributed by atoms with van der Waals surface area (Å²) in [6.07, 6.45) is 2.69. The van der Waals surface area contributed by atoms with E-state index in [1.54, 1.807) is 6.26 Å². The Bertz CT molecular complexity index is 507. The first-order chi connectivity index (χ1) is 9.14. The second-order valence-electron chi connectivity index (χ2n) is 5.15. The van der Waals surface area contributed by atoms with Gasteiger partial charge in [0.15, 0.2) is 0 Å². The summed E-state index contributed by atoms with van der Waals surface area (Å²) >= 11 is 0. The lowest BCUT2D eigenvalue weighted by molar-refractivity contribution is -0.112. The van der Waals surface area contributed by atoms with Crippen LogP contribution in [0.1, 0.15) is 18.2 Å². The molecular formula is C16H19NO2. The zero-order valence-corrected chi connectivity index (χ0v) is 11.4. The minimum atomic E-state index is -0.497. The lowest BCUT2D eigenvalue weighted by atomic mass is 9.83. The van der Waals surface area contributed by atoms with E-state index in [2.05, 4.69) is 4.90 Å². The van der Waals surface area contributed by atoms with Gasteiger partial charge in [-0.2, -0.15) is 0 Å². The molecule has 0 saturated heterocycles. The number of rotatable bonds is 6. The van der Waals surface area contributed by atoms with Crippen molar-refractivity contribution in [2.75, 3.05) is 13.6 Å². The number of hydrogen-bond donors (Lipinski definition) is 0. The highest BCUT2D eigenvalue weighted by Gasteiger charge is 2.27. The quantitative estimate of drug-likeness (QED) is 0.746. The Balaban J connectivity index is 2.08. The zero-order valence-electron chi connectivity index (χ0n) is 11.4. The standard InChI is InChI=1S/C16H19NO2/c1-16(13-18,14-7-4-3-5-8-14)12-17(2)11-15-9-6-10-19-15/h3-10,13H,11-12H2,1-2H3. The molecule has 0 fully saturated rings. The van der Waals surface area contributed by atoms with Gasteiger partial charge >= 0.3 is 0 Å². The van der Waals surface area contributed by atoms with E-state index >= 15 is 0 Å². The Morgan fingerprint density at radius 2 is 1.95 bits per heavy atom. The molecule has 0 aliphatic carbocycles. The average molecular weight is 257 g/mol. The molecule has 0 aliphatic rings. The number of aldehydes is 1. The van der Waals surface area contributed by atoms with Crippen LogP contribution in [-0.4, -0.2) is 24.8 Å². The summed E-state index contributed by atoms with van der Waals surface area (Å²) in [5.74, 6) is 0.906. The van der Waals surface area contributed by atoms with Crippen LogP contribution in [-0.2, 0) is 16.8 Å². The minimum Gasteiger partial charge on any atom is -0.468 e. The highest BCUT2D eigenvalue weighted by Crippen LogP contribution is 2.22. The van der Waals surface area contributed by atoms with E-state index in [0.717, 1.165) is 17.6 Å². The number of benzene rings is 1. The van der Waals surface area contributed by atoms with Crippen molar-refractivity contribution in [1.82, 2.24) is 4.90 Å². The van der Waals surface area contributed by atoms with Crippen LogP contribution in [0.25, 0.3) is 0 Å². The molecule has 1 aromatic carbocycles. The maximum Gasteiger partial charge on any atom is 0.131 e. The molecule has 3 nitrogen and oxygen atoms in total. The molecule has 2 aromatic rings. The van der Waals surface area contributed by atoms with E-state index in [1.807, 2.05) is 56.4 Å². The van der Waals surface area contributed by atoms with Crippen LogP contribution in [0.3, 0.4) is 0 Å². The fraction of sp³-hybridized carbons (Fsp3) is 0.312. The van der Waals surface area contributed by atoms with Crippen molar-refractivity contribution in [3.63, 3.8) is 0 Å². The van der Waals surface area contributed by atoms with Crippen LogP contribution in [0.15, 0.2) is 53.1 Å². The molecule has 1 heterocycles. The van der Waals surface area contributed by atoms with Crippen molar-refractivity contribution < 1.29 is 9.21 Å². The third-order valence-corrected chi connectivity index (χ3v) is 3.30. The van der Waals surface area contributed by atoms with Crippen molar-refractivity contribution in [3.05, 3.63) is 60.1 Å².